The maximum Gasteiger partial charge on any atom is 0.277 e. The SMILES string of the molecule is COc1ccc(C2=C(Nc3ccc(C)cc3C)C(=O)N(C)C2=O)cc1. The first-order valence-electron chi connectivity index (χ1n) is 7.97. The first-order valence-corrected chi connectivity index (χ1v) is 7.97. The van der Waals surface area contributed by atoms with Crippen LogP contribution in [0.3, 0.4) is 0 Å². The van der Waals surface area contributed by atoms with Gasteiger partial charge in [0.15, 0.2) is 0 Å². The molecule has 0 aliphatic carbocycles. The predicted octanol–water partition coefficient (Wildman–Crippen LogP) is 3.13. The topological polar surface area (TPSA) is 58.6 Å². The third-order valence-corrected chi connectivity index (χ3v) is 4.31. The number of hydrogen-bond donors (Lipinski definition) is 1. The van der Waals surface area contributed by atoms with Crippen LogP contribution in [0.4, 0.5) is 5.69 Å². The Bertz CT molecular complexity index is 882. The lowest BCUT2D eigenvalue weighted by Crippen LogP contribution is -2.28. The third kappa shape index (κ3) is 3.01. The number of nitrogens with one attached hydrogen (secondary N) is 1. The average Bonchev–Trinajstić information content (AvgIpc) is 2.81. The van der Waals surface area contributed by atoms with Crippen LogP contribution in [0.2, 0.25) is 0 Å². The van der Waals surface area contributed by atoms with Crippen LogP contribution in [0, 0.1) is 13.8 Å². The highest BCUT2D eigenvalue weighted by Gasteiger charge is 2.36. The standard InChI is InChI=1S/C20H20N2O3/c1-12-5-10-16(13(2)11-12)21-18-17(19(23)22(3)20(18)24)14-6-8-15(25-4)9-7-14/h5-11,21H,1-4H3. The molecule has 0 fully saturated rings. The van der Waals surface area contributed by atoms with E-state index in [4.69, 9.17) is 4.74 Å². The van der Waals surface area contributed by atoms with Gasteiger partial charge in [-0.05, 0) is 43.2 Å². The molecular formula is C20H20N2O3. The van der Waals surface area contributed by atoms with Crippen LogP contribution in [0.5, 0.6) is 5.75 Å². The normalized spacial score (nSPS) is 14.3. The summed E-state index contributed by atoms with van der Waals surface area (Å²) in [5.41, 5.74) is 4.30. The van der Waals surface area contributed by atoms with Gasteiger partial charge in [-0.2, -0.15) is 0 Å². The molecule has 0 saturated heterocycles. The monoisotopic (exact) mass is 336 g/mol. The van der Waals surface area contributed by atoms with Crippen molar-refractivity contribution in [2.24, 2.45) is 0 Å². The lowest BCUT2D eigenvalue weighted by molar-refractivity contribution is -0.135. The lowest BCUT2D eigenvalue weighted by atomic mass is 10.0. The van der Waals surface area contributed by atoms with Gasteiger partial charge in [-0.3, -0.25) is 14.5 Å². The molecule has 0 saturated carbocycles. The molecule has 5 nitrogen and oxygen atoms in total. The van der Waals surface area contributed by atoms with E-state index in [9.17, 15) is 9.59 Å². The van der Waals surface area contributed by atoms with E-state index in [1.807, 2.05) is 32.0 Å². The molecule has 2 amide bonds. The summed E-state index contributed by atoms with van der Waals surface area (Å²) >= 11 is 0. The summed E-state index contributed by atoms with van der Waals surface area (Å²) in [5.74, 6) is 0.0385. The van der Waals surface area contributed by atoms with Gasteiger partial charge in [0.05, 0.1) is 12.7 Å². The molecule has 0 bridgehead atoms. The number of amides is 2. The number of carbonyl (C=O) groups excluding carboxylic acids is 2. The summed E-state index contributed by atoms with van der Waals surface area (Å²) in [7, 11) is 3.07. The Morgan fingerprint density at radius 2 is 1.64 bits per heavy atom. The number of imide groups is 1. The average molecular weight is 336 g/mol. The van der Waals surface area contributed by atoms with E-state index >= 15 is 0 Å². The van der Waals surface area contributed by atoms with Crippen LogP contribution in [-0.4, -0.2) is 30.9 Å². The molecule has 0 atom stereocenters. The fourth-order valence-corrected chi connectivity index (χ4v) is 2.87. The summed E-state index contributed by atoms with van der Waals surface area (Å²) in [6, 6.07) is 13.0. The largest absolute Gasteiger partial charge is 0.497 e. The molecule has 1 heterocycles. The van der Waals surface area contributed by atoms with Crippen LogP contribution in [0.1, 0.15) is 16.7 Å². The number of anilines is 1. The lowest BCUT2D eigenvalue weighted by Gasteiger charge is -2.12. The highest BCUT2D eigenvalue weighted by atomic mass is 16.5. The summed E-state index contributed by atoms with van der Waals surface area (Å²) < 4.78 is 5.16. The molecule has 0 spiro atoms. The molecular weight excluding hydrogens is 316 g/mol. The molecule has 128 valence electrons. The number of methoxy groups -OCH3 is 1. The van der Waals surface area contributed by atoms with Crippen molar-refractivity contribution in [3.8, 4) is 5.75 Å². The molecule has 1 N–H and O–H groups in total. The van der Waals surface area contributed by atoms with E-state index in [0.717, 1.165) is 21.7 Å². The number of ether oxygens (including phenoxy) is 1. The molecule has 5 heteroatoms. The van der Waals surface area contributed by atoms with E-state index < -0.39 is 0 Å². The zero-order valence-corrected chi connectivity index (χ0v) is 14.7. The fourth-order valence-electron chi connectivity index (χ4n) is 2.87. The van der Waals surface area contributed by atoms with Gasteiger partial charge >= 0.3 is 0 Å². The minimum absolute atomic E-state index is 0.296. The van der Waals surface area contributed by atoms with E-state index in [2.05, 4.69) is 5.32 Å². The second kappa shape index (κ2) is 6.43. The maximum absolute atomic E-state index is 12.6. The Morgan fingerprint density at radius 1 is 0.960 bits per heavy atom. The first kappa shape index (κ1) is 16.8. The van der Waals surface area contributed by atoms with Crippen LogP contribution in [0.25, 0.3) is 5.57 Å². The van der Waals surface area contributed by atoms with Gasteiger partial charge < -0.3 is 10.1 Å². The summed E-state index contributed by atoms with van der Waals surface area (Å²) in [4.78, 5) is 26.3. The minimum Gasteiger partial charge on any atom is -0.497 e. The van der Waals surface area contributed by atoms with E-state index in [1.165, 1.54) is 7.05 Å². The molecule has 2 aromatic rings. The predicted molar refractivity (Wildman–Crippen MR) is 97.2 cm³/mol. The van der Waals surface area contributed by atoms with Crippen molar-refractivity contribution >= 4 is 23.1 Å². The number of hydrogen-bond acceptors (Lipinski definition) is 4. The number of benzene rings is 2. The molecule has 1 aliphatic heterocycles. The Balaban J connectivity index is 2.07. The highest BCUT2D eigenvalue weighted by Crippen LogP contribution is 2.31. The Labute approximate surface area is 146 Å². The van der Waals surface area contributed by atoms with Gasteiger partial charge in [0.25, 0.3) is 11.8 Å². The number of carbonyl (C=O) groups is 2. The Kier molecular flexibility index (Phi) is 4.31. The van der Waals surface area contributed by atoms with Gasteiger partial charge in [-0.15, -0.1) is 0 Å². The number of aryl methyl sites for hydroxylation is 2. The second-order valence-corrected chi connectivity index (χ2v) is 6.09. The molecule has 0 radical (unpaired) electrons. The smallest absolute Gasteiger partial charge is 0.277 e. The van der Waals surface area contributed by atoms with Gasteiger partial charge in [-0.25, -0.2) is 0 Å². The molecule has 3 rings (SSSR count). The Hall–Kier alpha value is -3.08. The number of rotatable bonds is 4. The third-order valence-electron chi connectivity index (χ3n) is 4.31. The molecule has 0 unspecified atom stereocenters. The van der Waals surface area contributed by atoms with Crippen molar-refractivity contribution in [1.29, 1.82) is 0 Å². The quantitative estimate of drug-likeness (QED) is 0.872. The van der Waals surface area contributed by atoms with Crippen LogP contribution < -0.4 is 10.1 Å². The fraction of sp³-hybridized carbons (Fsp3) is 0.200. The van der Waals surface area contributed by atoms with E-state index in [1.54, 1.807) is 31.4 Å². The van der Waals surface area contributed by atoms with Crippen LogP contribution in [-0.2, 0) is 9.59 Å². The Morgan fingerprint density at radius 3 is 2.24 bits per heavy atom. The minimum atomic E-state index is -0.337. The summed E-state index contributed by atoms with van der Waals surface area (Å²) in [6.07, 6.45) is 0. The first-order chi connectivity index (χ1) is 11.9. The van der Waals surface area contributed by atoms with Crippen LogP contribution >= 0.6 is 0 Å². The van der Waals surface area contributed by atoms with Crippen molar-refractivity contribution < 1.29 is 14.3 Å². The highest BCUT2D eigenvalue weighted by molar-refractivity contribution is 6.36. The summed E-state index contributed by atoms with van der Waals surface area (Å²) in [5, 5.41) is 3.16. The van der Waals surface area contributed by atoms with Crippen molar-refractivity contribution in [3.05, 3.63) is 64.9 Å². The maximum atomic E-state index is 12.6. The zero-order valence-electron chi connectivity index (χ0n) is 14.7. The van der Waals surface area contributed by atoms with Crippen molar-refractivity contribution in [3.63, 3.8) is 0 Å². The van der Waals surface area contributed by atoms with Gasteiger partial charge in [0.2, 0.25) is 0 Å². The molecule has 0 aromatic heterocycles. The van der Waals surface area contributed by atoms with Crippen molar-refractivity contribution in [2.45, 2.75) is 13.8 Å². The van der Waals surface area contributed by atoms with Gasteiger partial charge in [-0.1, -0.05) is 29.8 Å². The second-order valence-electron chi connectivity index (χ2n) is 6.09. The zero-order chi connectivity index (χ0) is 18.1. The number of likely N-dealkylation sites (N-methyl/N-ethyl adjacent to an activating group) is 1. The molecule has 25 heavy (non-hydrogen) atoms. The van der Waals surface area contributed by atoms with Crippen molar-refractivity contribution in [1.82, 2.24) is 4.90 Å². The van der Waals surface area contributed by atoms with Crippen molar-refractivity contribution in [2.75, 3.05) is 19.5 Å². The van der Waals surface area contributed by atoms with E-state index in [-0.39, 0.29) is 11.8 Å². The van der Waals surface area contributed by atoms with E-state index in [0.29, 0.717) is 22.6 Å². The van der Waals surface area contributed by atoms with Crippen LogP contribution in [0.15, 0.2) is 48.2 Å². The molecule has 1 aliphatic rings. The van der Waals surface area contributed by atoms with Gasteiger partial charge in [0.1, 0.15) is 11.4 Å². The summed E-state index contributed by atoms with van der Waals surface area (Å²) in [6.45, 7) is 3.98. The molecule has 2 aromatic carbocycles. The number of nitrogens with zero attached hydrogens (tertiary/aromatic N) is 1. The van der Waals surface area contributed by atoms with Gasteiger partial charge in [0, 0.05) is 12.7 Å².